The highest BCUT2D eigenvalue weighted by Gasteiger charge is 2.33. The van der Waals surface area contributed by atoms with Gasteiger partial charge >= 0.3 is 6.03 Å². The number of benzene rings is 2. The lowest BCUT2D eigenvalue weighted by atomic mass is 9.92. The predicted molar refractivity (Wildman–Crippen MR) is 134 cm³/mol. The Kier molecular flexibility index (Phi) is 8.74. The molecule has 3 atom stereocenters. The molecule has 1 N–H and O–H groups in total. The molecule has 3 rings (SSSR count). The molecule has 180 valence electrons. The second-order valence-corrected chi connectivity index (χ2v) is 9.49. The van der Waals surface area contributed by atoms with Crippen LogP contribution in [0.15, 0.2) is 36.4 Å². The van der Waals surface area contributed by atoms with Gasteiger partial charge in [0, 0.05) is 19.1 Å². The first-order chi connectivity index (χ1) is 15.7. The van der Waals surface area contributed by atoms with Crippen molar-refractivity contribution in [3.8, 4) is 11.5 Å². The zero-order chi connectivity index (χ0) is 24.1. The van der Waals surface area contributed by atoms with Crippen LogP contribution in [-0.2, 0) is 6.54 Å². The Morgan fingerprint density at radius 1 is 1.21 bits per heavy atom. The van der Waals surface area contributed by atoms with Crippen LogP contribution in [0.25, 0.3) is 0 Å². The van der Waals surface area contributed by atoms with Crippen molar-refractivity contribution in [3.05, 3.63) is 57.6 Å². The van der Waals surface area contributed by atoms with Gasteiger partial charge in [-0.3, -0.25) is 0 Å². The second-order valence-electron chi connectivity index (χ2n) is 8.73. The van der Waals surface area contributed by atoms with E-state index in [-0.39, 0.29) is 18.1 Å². The summed E-state index contributed by atoms with van der Waals surface area (Å²) in [6.45, 7) is 6.50. The van der Waals surface area contributed by atoms with E-state index in [0.29, 0.717) is 28.3 Å². The molecule has 33 heavy (non-hydrogen) atoms. The van der Waals surface area contributed by atoms with Crippen molar-refractivity contribution >= 4 is 29.2 Å². The van der Waals surface area contributed by atoms with Crippen LogP contribution in [0, 0.1) is 5.92 Å². The molecule has 6 nitrogen and oxygen atoms in total. The summed E-state index contributed by atoms with van der Waals surface area (Å²) in [6.07, 6.45) is 0.915. The van der Waals surface area contributed by atoms with E-state index in [1.165, 1.54) is 0 Å². The van der Waals surface area contributed by atoms with Gasteiger partial charge in [0.25, 0.3) is 0 Å². The Morgan fingerprint density at radius 2 is 1.97 bits per heavy atom. The minimum Gasteiger partial charge on any atom is -0.497 e. The Labute approximate surface area is 206 Å². The van der Waals surface area contributed by atoms with E-state index in [2.05, 4.69) is 24.2 Å². The zero-order valence-electron chi connectivity index (χ0n) is 19.9. The molecule has 0 radical (unpaired) electrons. The number of urea groups is 1. The minimum atomic E-state index is -0.331. The molecule has 0 aliphatic carbocycles. The number of carbonyl (C=O) groups excluding carboxylic acids is 1. The van der Waals surface area contributed by atoms with Crippen LogP contribution in [0.1, 0.15) is 37.4 Å². The van der Waals surface area contributed by atoms with E-state index < -0.39 is 0 Å². The van der Waals surface area contributed by atoms with Gasteiger partial charge in [-0.1, -0.05) is 48.3 Å². The zero-order valence-corrected chi connectivity index (χ0v) is 21.4. The number of methoxy groups -OCH3 is 2. The summed E-state index contributed by atoms with van der Waals surface area (Å²) in [7, 11) is 5.31. The molecule has 1 aliphatic heterocycles. The Hall–Kier alpha value is -2.15. The van der Waals surface area contributed by atoms with Gasteiger partial charge in [-0.15, -0.1) is 0 Å². The summed E-state index contributed by atoms with van der Waals surface area (Å²) in [5.74, 6) is 1.62. The quantitative estimate of drug-likeness (QED) is 0.543. The molecule has 1 saturated heterocycles. The third-order valence-electron chi connectivity index (χ3n) is 6.31. The fourth-order valence-electron chi connectivity index (χ4n) is 4.50. The number of nitrogens with one attached hydrogen (secondary N) is 1. The van der Waals surface area contributed by atoms with Gasteiger partial charge in [-0.2, -0.15) is 0 Å². The summed E-state index contributed by atoms with van der Waals surface area (Å²) < 4.78 is 10.6. The van der Waals surface area contributed by atoms with Crippen molar-refractivity contribution in [3.63, 3.8) is 0 Å². The Bertz CT molecular complexity index is 972. The van der Waals surface area contributed by atoms with E-state index in [1.807, 2.05) is 42.2 Å². The highest BCUT2D eigenvalue weighted by atomic mass is 35.5. The molecule has 0 bridgehead atoms. The molecule has 1 aliphatic rings. The molecule has 2 amide bonds. The number of hydrogen-bond donors (Lipinski definition) is 1. The molecule has 1 fully saturated rings. The number of piperidine rings is 1. The van der Waals surface area contributed by atoms with E-state index in [9.17, 15) is 4.79 Å². The van der Waals surface area contributed by atoms with Gasteiger partial charge in [0.2, 0.25) is 0 Å². The van der Waals surface area contributed by atoms with E-state index >= 15 is 0 Å². The molecule has 2 aromatic rings. The van der Waals surface area contributed by atoms with Crippen molar-refractivity contribution in [2.75, 3.05) is 34.4 Å². The lowest BCUT2D eigenvalue weighted by molar-refractivity contribution is 0.0874. The van der Waals surface area contributed by atoms with Gasteiger partial charge < -0.3 is 24.6 Å². The van der Waals surface area contributed by atoms with E-state index in [4.69, 9.17) is 32.7 Å². The van der Waals surface area contributed by atoms with Crippen LogP contribution in [-0.4, -0.2) is 56.2 Å². The number of hydrogen-bond acceptors (Lipinski definition) is 4. The van der Waals surface area contributed by atoms with Crippen LogP contribution >= 0.6 is 23.2 Å². The standard InChI is InChI=1S/C25H33Cl2N3O3/c1-16-14-29(3)12-11-21(16)30(15-18-7-6-8-19(13-18)32-4)25(31)28-17(2)20-9-10-22(33-5)24(27)23(20)26/h6-10,13,16-17,21H,11-12,14-15H2,1-5H3,(H,28,31). The van der Waals surface area contributed by atoms with Crippen molar-refractivity contribution in [2.24, 2.45) is 5.92 Å². The number of likely N-dealkylation sites (tertiary alicyclic amines) is 1. The average Bonchev–Trinajstić information content (AvgIpc) is 2.79. The first-order valence-electron chi connectivity index (χ1n) is 11.2. The molecule has 3 unspecified atom stereocenters. The maximum absolute atomic E-state index is 13.6. The molecule has 8 heteroatoms. The first kappa shape index (κ1) is 25.5. The molecule has 0 saturated carbocycles. The lowest BCUT2D eigenvalue weighted by Crippen LogP contribution is -2.53. The maximum Gasteiger partial charge on any atom is 0.318 e. The largest absolute Gasteiger partial charge is 0.497 e. The van der Waals surface area contributed by atoms with Crippen LogP contribution < -0.4 is 14.8 Å². The summed E-state index contributed by atoms with van der Waals surface area (Å²) >= 11 is 12.8. The fourth-order valence-corrected chi connectivity index (χ4v) is 5.07. The van der Waals surface area contributed by atoms with Crippen LogP contribution in [0.4, 0.5) is 4.79 Å². The van der Waals surface area contributed by atoms with Crippen LogP contribution in [0.3, 0.4) is 0 Å². The van der Waals surface area contributed by atoms with E-state index in [0.717, 1.165) is 36.4 Å². The number of carbonyl (C=O) groups is 1. The normalized spacial score (nSPS) is 19.6. The molecular weight excluding hydrogens is 461 g/mol. The summed E-state index contributed by atoms with van der Waals surface area (Å²) in [4.78, 5) is 17.9. The highest BCUT2D eigenvalue weighted by molar-refractivity contribution is 6.43. The van der Waals surface area contributed by atoms with Crippen molar-refractivity contribution < 1.29 is 14.3 Å². The fraction of sp³-hybridized carbons (Fsp3) is 0.480. The SMILES string of the molecule is COc1cccc(CN(C(=O)NC(C)c2ccc(OC)c(Cl)c2Cl)C2CCN(C)CC2C)c1. The molecule has 0 spiro atoms. The Morgan fingerprint density at radius 3 is 2.64 bits per heavy atom. The molecule has 0 aromatic heterocycles. The van der Waals surface area contributed by atoms with Gasteiger partial charge in [0.05, 0.1) is 25.3 Å². The number of halogens is 2. The average molecular weight is 494 g/mol. The first-order valence-corrected chi connectivity index (χ1v) is 11.9. The van der Waals surface area contributed by atoms with Crippen molar-refractivity contribution in [1.82, 2.24) is 15.1 Å². The third kappa shape index (κ3) is 6.05. The van der Waals surface area contributed by atoms with Gasteiger partial charge in [0.15, 0.2) is 0 Å². The molecule has 2 aromatic carbocycles. The van der Waals surface area contributed by atoms with Crippen LogP contribution in [0.2, 0.25) is 10.0 Å². The number of ether oxygens (including phenoxy) is 2. The van der Waals surface area contributed by atoms with Gasteiger partial charge in [-0.05, 0) is 62.2 Å². The van der Waals surface area contributed by atoms with Crippen LogP contribution in [0.5, 0.6) is 11.5 Å². The summed E-state index contributed by atoms with van der Waals surface area (Å²) in [5.41, 5.74) is 1.77. The molecule has 1 heterocycles. The summed E-state index contributed by atoms with van der Waals surface area (Å²) in [5, 5.41) is 3.87. The molecular formula is C25H33Cl2N3O3. The van der Waals surface area contributed by atoms with Crippen molar-refractivity contribution in [2.45, 2.75) is 38.9 Å². The lowest BCUT2D eigenvalue weighted by Gasteiger charge is -2.42. The van der Waals surface area contributed by atoms with Gasteiger partial charge in [-0.25, -0.2) is 4.79 Å². The number of nitrogens with zero attached hydrogens (tertiary/aromatic N) is 2. The van der Waals surface area contributed by atoms with Gasteiger partial charge in [0.1, 0.15) is 16.5 Å². The monoisotopic (exact) mass is 493 g/mol. The number of rotatable bonds is 7. The third-order valence-corrected chi connectivity index (χ3v) is 7.19. The predicted octanol–water partition coefficient (Wildman–Crippen LogP) is 5.62. The maximum atomic E-state index is 13.6. The topological polar surface area (TPSA) is 54.0 Å². The summed E-state index contributed by atoms with van der Waals surface area (Å²) in [6, 6.07) is 11.1. The minimum absolute atomic E-state index is 0.120. The Balaban J connectivity index is 1.84. The smallest absolute Gasteiger partial charge is 0.318 e. The van der Waals surface area contributed by atoms with E-state index in [1.54, 1.807) is 20.3 Å². The highest BCUT2D eigenvalue weighted by Crippen LogP contribution is 2.37. The second kappa shape index (κ2) is 11.3. The van der Waals surface area contributed by atoms with Crippen molar-refractivity contribution in [1.29, 1.82) is 0 Å². The number of amides is 2.